The van der Waals surface area contributed by atoms with Crippen LogP contribution in [0.1, 0.15) is 85.1 Å². The van der Waals surface area contributed by atoms with Crippen LogP contribution in [0.25, 0.3) is 0 Å². The number of anilines is 1. The second kappa shape index (κ2) is 12.1. The first-order valence-corrected chi connectivity index (χ1v) is 12.0. The molecule has 0 aromatic heterocycles. The van der Waals surface area contributed by atoms with E-state index >= 15 is 0 Å². The summed E-state index contributed by atoms with van der Waals surface area (Å²) in [6, 6.07) is 9.82. The molecule has 2 nitrogen and oxygen atoms in total. The quantitative estimate of drug-likeness (QED) is 0.336. The van der Waals surface area contributed by atoms with Crippen LogP contribution in [0.4, 0.5) is 5.69 Å². The Balaban J connectivity index is 2.26. The topological polar surface area (TPSA) is 6.48 Å². The van der Waals surface area contributed by atoms with Crippen LogP contribution in [0.5, 0.6) is 0 Å². The van der Waals surface area contributed by atoms with Gasteiger partial charge in [-0.1, -0.05) is 65.0 Å². The van der Waals surface area contributed by atoms with Gasteiger partial charge in [-0.2, -0.15) is 0 Å². The van der Waals surface area contributed by atoms with E-state index < -0.39 is 0 Å². The molecule has 2 unspecified atom stereocenters. The number of rotatable bonds is 12. The highest BCUT2D eigenvalue weighted by Crippen LogP contribution is 2.29. The van der Waals surface area contributed by atoms with Crippen LogP contribution in [-0.4, -0.2) is 24.5 Å². The molecule has 1 aromatic carbocycles. The highest BCUT2D eigenvalue weighted by molar-refractivity contribution is 5.56. The number of nitrogens with zero attached hydrogens (tertiary/aromatic N) is 2. The van der Waals surface area contributed by atoms with Gasteiger partial charge in [-0.05, 0) is 68.9 Å². The molecule has 2 heteroatoms. The van der Waals surface area contributed by atoms with Gasteiger partial charge in [0.25, 0.3) is 0 Å². The molecule has 162 valence electrons. The normalized spacial score (nSPS) is 17.7. The van der Waals surface area contributed by atoms with E-state index in [2.05, 4.69) is 87.9 Å². The van der Waals surface area contributed by atoms with E-state index in [0.29, 0.717) is 6.04 Å². The molecule has 1 aliphatic rings. The van der Waals surface area contributed by atoms with Gasteiger partial charge in [0, 0.05) is 36.7 Å². The molecule has 0 saturated carbocycles. The van der Waals surface area contributed by atoms with Crippen molar-refractivity contribution in [2.45, 2.75) is 92.0 Å². The van der Waals surface area contributed by atoms with Crippen LogP contribution in [0.2, 0.25) is 0 Å². The van der Waals surface area contributed by atoms with E-state index in [1.165, 1.54) is 74.0 Å². The average Bonchev–Trinajstić information content (AvgIpc) is 2.73. The van der Waals surface area contributed by atoms with Gasteiger partial charge in [0.15, 0.2) is 0 Å². The summed E-state index contributed by atoms with van der Waals surface area (Å²) in [4.78, 5) is 4.93. The van der Waals surface area contributed by atoms with Crippen molar-refractivity contribution in [3.8, 4) is 0 Å². The maximum atomic E-state index is 2.58. The molecule has 1 heterocycles. The van der Waals surface area contributed by atoms with Crippen molar-refractivity contribution < 1.29 is 0 Å². The number of likely N-dealkylation sites (N-methyl/N-ethyl adjacent to an activating group) is 1. The Bertz CT molecular complexity index is 656. The van der Waals surface area contributed by atoms with Crippen molar-refractivity contribution in [3.63, 3.8) is 0 Å². The van der Waals surface area contributed by atoms with Gasteiger partial charge in [0.1, 0.15) is 0 Å². The van der Waals surface area contributed by atoms with Crippen LogP contribution in [0.3, 0.4) is 0 Å². The van der Waals surface area contributed by atoms with Crippen molar-refractivity contribution >= 4 is 5.69 Å². The monoisotopic (exact) mass is 396 g/mol. The fourth-order valence-electron chi connectivity index (χ4n) is 4.17. The molecule has 0 aliphatic carbocycles. The Morgan fingerprint density at radius 3 is 2.28 bits per heavy atom. The van der Waals surface area contributed by atoms with Crippen molar-refractivity contribution in [2.75, 3.05) is 18.5 Å². The van der Waals surface area contributed by atoms with E-state index in [4.69, 9.17) is 0 Å². The highest BCUT2D eigenvalue weighted by atomic mass is 15.2. The predicted molar refractivity (Wildman–Crippen MR) is 129 cm³/mol. The van der Waals surface area contributed by atoms with Crippen molar-refractivity contribution in [1.82, 2.24) is 4.90 Å². The average molecular weight is 397 g/mol. The fraction of sp³-hybridized carbons (Fsp3) is 0.630. The van der Waals surface area contributed by atoms with Crippen molar-refractivity contribution in [3.05, 3.63) is 53.4 Å². The van der Waals surface area contributed by atoms with Gasteiger partial charge in [-0.3, -0.25) is 0 Å². The molecule has 2 atom stereocenters. The Morgan fingerprint density at radius 1 is 1.00 bits per heavy atom. The summed E-state index contributed by atoms with van der Waals surface area (Å²) in [5.74, 6) is 0.740. The molecule has 2 rings (SSSR count). The molecule has 0 N–H and O–H groups in total. The van der Waals surface area contributed by atoms with Crippen LogP contribution >= 0.6 is 0 Å². The molecule has 0 saturated heterocycles. The van der Waals surface area contributed by atoms with Crippen molar-refractivity contribution in [2.24, 2.45) is 5.92 Å². The first kappa shape index (κ1) is 23.6. The van der Waals surface area contributed by atoms with Crippen LogP contribution < -0.4 is 4.90 Å². The number of allylic oxidation sites excluding steroid dienone is 2. The highest BCUT2D eigenvalue weighted by Gasteiger charge is 2.21. The van der Waals surface area contributed by atoms with Gasteiger partial charge in [-0.25, -0.2) is 0 Å². The Hall–Kier alpha value is -1.70. The molecule has 0 bridgehead atoms. The van der Waals surface area contributed by atoms with Gasteiger partial charge in [0.2, 0.25) is 0 Å². The van der Waals surface area contributed by atoms with Crippen LogP contribution in [0.15, 0.2) is 47.8 Å². The summed E-state index contributed by atoms with van der Waals surface area (Å²) in [6.07, 6.45) is 15.1. The molecule has 0 spiro atoms. The largest absolute Gasteiger partial charge is 0.372 e. The summed E-state index contributed by atoms with van der Waals surface area (Å²) in [7, 11) is 2.19. The Labute approximate surface area is 180 Å². The second-order valence-electron chi connectivity index (χ2n) is 8.88. The van der Waals surface area contributed by atoms with E-state index in [0.717, 1.165) is 12.5 Å². The summed E-state index contributed by atoms with van der Waals surface area (Å²) in [6.45, 7) is 12.6. The molecule has 1 aromatic rings. The maximum Gasteiger partial charge on any atom is 0.0461 e. The lowest BCUT2D eigenvalue weighted by molar-refractivity contribution is 0.364. The summed E-state index contributed by atoms with van der Waals surface area (Å²) in [5, 5.41) is 0. The molecule has 0 amide bonds. The van der Waals surface area contributed by atoms with Gasteiger partial charge < -0.3 is 9.80 Å². The third-order valence-corrected chi connectivity index (χ3v) is 6.55. The SMILES string of the molecule is CCCCCc1ccc(N(CC(CC)CCCC)C2=CC(C)N(C)C(C)=C2)cc1. The zero-order valence-corrected chi connectivity index (χ0v) is 19.9. The van der Waals surface area contributed by atoms with Crippen LogP contribution in [0, 0.1) is 5.92 Å². The first-order chi connectivity index (χ1) is 14.0. The molecule has 29 heavy (non-hydrogen) atoms. The standard InChI is InChI=1S/C27H44N2/c1-7-10-12-14-25-15-17-26(18-16-25)29(21-24(9-3)13-11-8-2)27-19-22(4)28(6)23(5)20-27/h15-20,22,24H,7-14,21H2,1-6H3. The number of unbranched alkanes of at least 4 members (excludes halogenated alkanes) is 3. The Morgan fingerprint density at radius 2 is 1.69 bits per heavy atom. The summed E-state index contributed by atoms with van der Waals surface area (Å²) < 4.78 is 0. The summed E-state index contributed by atoms with van der Waals surface area (Å²) in [5.41, 5.74) is 5.52. The molecule has 0 fully saturated rings. The number of benzene rings is 1. The lowest BCUT2D eigenvalue weighted by atomic mass is 9.97. The molecular formula is C27H44N2. The van der Waals surface area contributed by atoms with E-state index in [1.54, 1.807) is 0 Å². The Kier molecular flexibility index (Phi) is 9.84. The number of hydrogen-bond acceptors (Lipinski definition) is 2. The smallest absolute Gasteiger partial charge is 0.0461 e. The maximum absolute atomic E-state index is 2.58. The number of aryl methyl sites for hydroxylation is 1. The molecular weight excluding hydrogens is 352 g/mol. The van der Waals surface area contributed by atoms with E-state index in [9.17, 15) is 0 Å². The zero-order valence-electron chi connectivity index (χ0n) is 19.9. The van der Waals surface area contributed by atoms with E-state index in [1.807, 2.05) is 0 Å². The predicted octanol–water partition coefficient (Wildman–Crippen LogP) is 7.56. The number of hydrogen-bond donors (Lipinski definition) is 0. The fourth-order valence-corrected chi connectivity index (χ4v) is 4.17. The van der Waals surface area contributed by atoms with Crippen LogP contribution in [-0.2, 0) is 6.42 Å². The first-order valence-electron chi connectivity index (χ1n) is 12.0. The lowest BCUT2D eigenvalue weighted by Gasteiger charge is -2.36. The second-order valence-corrected chi connectivity index (χ2v) is 8.88. The van der Waals surface area contributed by atoms with Gasteiger partial charge in [0.05, 0.1) is 0 Å². The molecule has 0 radical (unpaired) electrons. The lowest BCUT2D eigenvalue weighted by Crippen LogP contribution is -2.35. The minimum atomic E-state index is 0.432. The van der Waals surface area contributed by atoms with Gasteiger partial charge in [-0.15, -0.1) is 0 Å². The minimum Gasteiger partial charge on any atom is -0.372 e. The van der Waals surface area contributed by atoms with Crippen molar-refractivity contribution in [1.29, 1.82) is 0 Å². The minimum absolute atomic E-state index is 0.432. The molecule has 1 aliphatic heterocycles. The zero-order chi connectivity index (χ0) is 21.2. The third-order valence-electron chi connectivity index (χ3n) is 6.55. The van der Waals surface area contributed by atoms with E-state index in [-0.39, 0.29) is 0 Å². The summed E-state index contributed by atoms with van der Waals surface area (Å²) >= 11 is 0. The third kappa shape index (κ3) is 6.94. The van der Waals surface area contributed by atoms with Gasteiger partial charge >= 0.3 is 0 Å².